The van der Waals surface area contributed by atoms with Gasteiger partial charge in [0.15, 0.2) is 0 Å². The summed E-state index contributed by atoms with van der Waals surface area (Å²) in [7, 11) is 0. The van der Waals surface area contributed by atoms with E-state index in [4.69, 9.17) is 0 Å². The van der Waals surface area contributed by atoms with E-state index in [2.05, 4.69) is 129 Å². The second-order valence-electron chi connectivity index (χ2n) is 17.2. The van der Waals surface area contributed by atoms with Crippen molar-refractivity contribution in [3.8, 4) is 0 Å². The Labute approximate surface area is 371 Å². The molecule has 0 spiro atoms. The van der Waals surface area contributed by atoms with E-state index in [0.717, 1.165) is 59.8 Å². The third-order valence-electron chi connectivity index (χ3n) is 13.5. The van der Waals surface area contributed by atoms with Crippen molar-refractivity contribution in [2.75, 3.05) is 19.6 Å². The minimum Gasteiger partial charge on any atom is -0.310 e. The molecule has 9 aromatic carbocycles. The van der Waals surface area contributed by atoms with Crippen molar-refractivity contribution in [3.05, 3.63) is 250 Å². The van der Waals surface area contributed by atoms with Gasteiger partial charge in [0.05, 0.1) is 34.1 Å². The van der Waals surface area contributed by atoms with Gasteiger partial charge in [0.25, 0.3) is 0 Å². The van der Waals surface area contributed by atoms with E-state index in [0.29, 0.717) is 0 Å². The summed E-state index contributed by atoms with van der Waals surface area (Å²) >= 11 is 0. The molecule has 4 heterocycles. The van der Waals surface area contributed by atoms with Gasteiger partial charge in [0.1, 0.15) is 11.6 Å². The smallest absolute Gasteiger partial charge is 0.125 e. The van der Waals surface area contributed by atoms with E-state index >= 15 is 0 Å². The van der Waals surface area contributed by atoms with Crippen LogP contribution in [0.2, 0.25) is 0 Å². The summed E-state index contributed by atoms with van der Waals surface area (Å²) in [6, 6.07) is 65.9. The van der Waals surface area contributed by atoms with E-state index < -0.39 is 0 Å². The van der Waals surface area contributed by atoms with Crippen molar-refractivity contribution in [3.63, 3.8) is 0 Å². The summed E-state index contributed by atoms with van der Waals surface area (Å²) in [5.74, 6) is -0.533. The number of benzene rings is 9. The Kier molecular flexibility index (Phi) is 8.19. The Hall–Kier alpha value is -7.96. The third kappa shape index (κ3) is 5.65. The third-order valence-corrected chi connectivity index (χ3v) is 13.5. The Balaban J connectivity index is 0.996. The number of hydrogen-bond acceptors (Lipinski definition) is 4. The Morgan fingerprint density at radius 2 is 0.719 bits per heavy atom. The first-order valence-electron chi connectivity index (χ1n) is 22.0. The molecule has 0 bridgehead atoms. The summed E-state index contributed by atoms with van der Waals surface area (Å²) in [5, 5.41) is 0. The molecule has 0 aromatic heterocycles. The van der Waals surface area contributed by atoms with Gasteiger partial charge < -0.3 is 19.6 Å². The predicted octanol–water partition coefficient (Wildman–Crippen LogP) is 15.5. The van der Waals surface area contributed by atoms with E-state index in [-0.39, 0.29) is 11.6 Å². The van der Waals surface area contributed by atoms with Crippen LogP contribution in [0.1, 0.15) is 44.5 Å². The van der Waals surface area contributed by atoms with E-state index in [9.17, 15) is 8.78 Å². The van der Waals surface area contributed by atoms with Crippen LogP contribution in [-0.2, 0) is 25.7 Å². The molecule has 0 radical (unpaired) electrons. The molecule has 0 N–H and O–H groups in total. The fourth-order valence-corrected chi connectivity index (χ4v) is 10.8. The zero-order chi connectivity index (χ0) is 42.5. The molecule has 4 aliphatic heterocycles. The molecule has 0 fully saturated rings. The summed E-state index contributed by atoms with van der Waals surface area (Å²) < 4.78 is 30.0. The first-order valence-corrected chi connectivity index (χ1v) is 22.0. The van der Waals surface area contributed by atoms with E-state index in [1.54, 1.807) is 24.3 Å². The van der Waals surface area contributed by atoms with Gasteiger partial charge in [-0.05, 0) is 130 Å². The van der Waals surface area contributed by atoms with Crippen LogP contribution < -0.4 is 19.6 Å². The maximum Gasteiger partial charge on any atom is 0.125 e. The van der Waals surface area contributed by atoms with Gasteiger partial charge in [0.2, 0.25) is 0 Å². The number of para-hydroxylation sites is 4. The monoisotopic (exact) mass is 830 g/mol. The van der Waals surface area contributed by atoms with Gasteiger partial charge in [0, 0.05) is 70.9 Å². The van der Waals surface area contributed by atoms with Crippen molar-refractivity contribution >= 4 is 68.2 Å². The fraction of sp³-hybridized carbons (Fsp3) is 0.0690. The number of fused-ring (bicyclic) bond motifs is 8. The van der Waals surface area contributed by atoms with Gasteiger partial charge in [-0.1, -0.05) is 97.1 Å². The molecule has 4 aliphatic rings. The van der Waals surface area contributed by atoms with Crippen LogP contribution in [0.5, 0.6) is 0 Å². The van der Waals surface area contributed by atoms with Gasteiger partial charge in [-0.25, -0.2) is 8.78 Å². The number of anilines is 12. The maximum atomic E-state index is 15.0. The fourth-order valence-electron chi connectivity index (χ4n) is 10.8. The lowest BCUT2D eigenvalue weighted by atomic mass is 9.81. The molecule has 306 valence electrons. The minimum absolute atomic E-state index is 0.267. The summed E-state index contributed by atoms with van der Waals surface area (Å²) in [6.07, 6.45) is 3.04. The summed E-state index contributed by atoms with van der Waals surface area (Å²) in [4.78, 5) is 9.42. The molecule has 6 heteroatoms. The predicted molar refractivity (Wildman–Crippen MR) is 256 cm³/mol. The molecule has 64 heavy (non-hydrogen) atoms. The Bertz CT molecular complexity index is 3120. The largest absolute Gasteiger partial charge is 0.310 e. The first kappa shape index (κ1) is 36.7. The van der Waals surface area contributed by atoms with Crippen LogP contribution in [0.3, 0.4) is 0 Å². The molecule has 0 aliphatic carbocycles. The average Bonchev–Trinajstić information content (AvgIpc) is 3.33. The summed E-state index contributed by atoms with van der Waals surface area (Å²) in [6.45, 7) is 0. The molecule has 0 atom stereocenters. The molecule has 0 amide bonds. The standard InChI is InChI=1S/C58H40F2N4/c59-43-15-11-21-47(35-43)61(45-17-3-1-4-18-45)53-27-25-39-29-41-34-56-42(33-55(41)63-51-23-9-7-13-37(51)31-49(53)57(39)63)30-40-26-28-54(50-32-38-14-8-10-24-52(38)64(56)58(40)50)62(46-19-5-2-6-20-46)48-22-12-16-44(60)36-48/h1-28,33-36H,29-32H2. The van der Waals surface area contributed by atoms with Crippen molar-refractivity contribution in [1.29, 1.82) is 0 Å². The first-order chi connectivity index (χ1) is 31.6. The lowest BCUT2D eigenvalue weighted by molar-refractivity contribution is 0.627. The molecule has 0 saturated heterocycles. The molecular weight excluding hydrogens is 791 g/mol. The minimum atomic E-state index is -0.267. The Morgan fingerprint density at radius 3 is 1.16 bits per heavy atom. The maximum absolute atomic E-state index is 15.0. The number of nitrogens with zero attached hydrogens (tertiary/aromatic N) is 4. The zero-order valence-corrected chi connectivity index (χ0v) is 34.8. The molecule has 9 aromatic rings. The topological polar surface area (TPSA) is 13.0 Å². The van der Waals surface area contributed by atoms with Crippen LogP contribution in [0, 0.1) is 11.6 Å². The van der Waals surface area contributed by atoms with Gasteiger partial charge in [-0.3, -0.25) is 0 Å². The second-order valence-corrected chi connectivity index (χ2v) is 17.2. The average molecular weight is 831 g/mol. The highest BCUT2D eigenvalue weighted by Gasteiger charge is 2.39. The number of halogens is 2. The van der Waals surface area contributed by atoms with Crippen LogP contribution in [-0.4, -0.2) is 0 Å². The molecule has 0 saturated carbocycles. The van der Waals surface area contributed by atoms with Crippen molar-refractivity contribution in [2.45, 2.75) is 25.7 Å². The number of hydrogen-bond donors (Lipinski definition) is 0. The summed E-state index contributed by atoms with van der Waals surface area (Å²) in [5.41, 5.74) is 22.8. The van der Waals surface area contributed by atoms with Crippen LogP contribution in [0.15, 0.2) is 194 Å². The van der Waals surface area contributed by atoms with Crippen molar-refractivity contribution in [1.82, 2.24) is 0 Å². The lowest BCUT2D eigenvalue weighted by Crippen LogP contribution is -2.29. The van der Waals surface area contributed by atoms with Crippen LogP contribution in [0.4, 0.5) is 77.0 Å². The van der Waals surface area contributed by atoms with E-state index in [1.807, 2.05) is 48.5 Å². The van der Waals surface area contributed by atoms with Crippen LogP contribution in [0.25, 0.3) is 0 Å². The highest BCUT2D eigenvalue weighted by molar-refractivity contribution is 5.98. The zero-order valence-electron chi connectivity index (χ0n) is 34.8. The SMILES string of the molecule is Fc1cccc(N(c2ccccc2)c2ccc3c4c2Cc2ccccc2N4c2cc4c(cc2C3)N2c3ccccc3Cc3c(N(c5ccccc5)c5cccc(F)c5)ccc(c32)C4)c1. The highest BCUT2D eigenvalue weighted by atomic mass is 19.1. The second kappa shape index (κ2) is 14.3. The van der Waals surface area contributed by atoms with Gasteiger partial charge >= 0.3 is 0 Å². The normalized spacial score (nSPS) is 13.5. The molecule has 13 rings (SSSR count). The Morgan fingerprint density at radius 1 is 0.312 bits per heavy atom. The van der Waals surface area contributed by atoms with Crippen molar-refractivity contribution < 1.29 is 8.78 Å². The van der Waals surface area contributed by atoms with Gasteiger partial charge in [-0.15, -0.1) is 0 Å². The van der Waals surface area contributed by atoms with Crippen molar-refractivity contribution in [2.24, 2.45) is 0 Å². The number of rotatable bonds is 6. The molecule has 4 nitrogen and oxygen atoms in total. The lowest BCUT2D eigenvalue weighted by Gasteiger charge is -2.44. The van der Waals surface area contributed by atoms with Gasteiger partial charge in [-0.2, -0.15) is 0 Å². The highest BCUT2D eigenvalue weighted by Crippen LogP contribution is 2.58. The molecule has 0 unspecified atom stereocenters. The molecular formula is C58H40F2N4. The van der Waals surface area contributed by atoms with Crippen LogP contribution >= 0.6 is 0 Å². The van der Waals surface area contributed by atoms with E-state index in [1.165, 1.54) is 90.8 Å². The quantitative estimate of drug-likeness (QED) is 0.165.